The highest BCUT2D eigenvalue weighted by Crippen LogP contribution is 2.49. The molecular formula is C51H41BN2. The zero-order valence-electron chi connectivity index (χ0n) is 30.9. The van der Waals surface area contributed by atoms with E-state index in [1.807, 2.05) is 12.3 Å². The SMILES string of the molecule is CC1(C)c2ccc(-n3c4c(c5ccccc53)CCCC4)cc2B2c3ccc(-c4ccccn4)cc3C(c3ccccc3)(c3ccccc3)c3cccc1c32. The minimum atomic E-state index is -0.536. The highest BCUT2D eigenvalue weighted by molar-refractivity contribution is 6.97. The molecule has 2 aromatic heterocycles. The van der Waals surface area contributed by atoms with Crippen LogP contribution in [0.25, 0.3) is 27.8 Å². The maximum atomic E-state index is 4.85. The van der Waals surface area contributed by atoms with Crippen LogP contribution < -0.4 is 16.4 Å². The third-order valence-electron chi connectivity index (χ3n) is 13.1. The molecule has 0 fully saturated rings. The largest absolute Gasteiger partial charge is 0.313 e. The van der Waals surface area contributed by atoms with E-state index < -0.39 is 5.41 Å². The van der Waals surface area contributed by atoms with Crippen LogP contribution in [-0.2, 0) is 23.7 Å². The summed E-state index contributed by atoms with van der Waals surface area (Å²) < 4.78 is 2.60. The van der Waals surface area contributed by atoms with Gasteiger partial charge in [0, 0.05) is 33.9 Å². The van der Waals surface area contributed by atoms with Gasteiger partial charge in [0.1, 0.15) is 0 Å². The van der Waals surface area contributed by atoms with E-state index in [9.17, 15) is 0 Å². The van der Waals surface area contributed by atoms with E-state index in [0.29, 0.717) is 0 Å². The Hall–Kier alpha value is -5.93. The molecule has 11 rings (SSSR count). The quantitative estimate of drug-likeness (QED) is 0.168. The Balaban J connectivity index is 1.25. The normalized spacial score (nSPS) is 15.9. The van der Waals surface area contributed by atoms with Crippen LogP contribution in [0.4, 0.5) is 0 Å². The van der Waals surface area contributed by atoms with Crippen LogP contribution in [0.3, 0.4) is 0 Å². The lowest BCUT2D eigenvalue weighted by molar-refractivity contribution is 0.640. The molecule has 0 saturated heterocycles. The first-order chi connectivity index (χ1) is 26.6. The molecule has 0 bridgehead atoms. The van der Waals surface area contributed by atoms with E-state index in [2.05, 4.69) is 170 Å². The summed E-state index contributed by atoms with van der Waals surface area (Å²) in [5, 5.41) is 1.42. The summed E-state index contributed by atoms with van der Waals surface area (Å²) in [6, 6.07) is 59.6. The van der Waals surface area contributed by atoms with Gasteiger partial charge in [0.05, 0.1) is 16.6 Å². The van der Waals surface area contributed by atoms with Gasteiger partial charge in [-0.3, -0.25) is 4.98 Å². The molecule has 1 aliphatic carbocycles. The molecule has 6 aromatic carbocycles. The predicted octanol–water partition coefficient (Wildman–Crippen LogP) is 9.42. The Morgan fingerprint density at radius 1 is 0.574 bits per heavy atom. The molecule has 2 aliphatic heterocycles. The van der Waals surface area contributed by atoms with E-state index in [1.54, 1.807) is 5.56 Å². The average Bonchev–Trinajstić information content (AvgIpc) is 3.57. The van der Waals surface area contributed by atoms with Gasteiger partial charge in [-0.1, -0.05) is 152 Å². The van der Waals surface area contributed by atoms with Crippen molar-refractivity contribution < 1.29 is 0 Å². The van der Waals surface area contributed by atoms with Gasteiger partial charge >= 0.3 is 0 Å². The van der Waals surface area contributed by atoms with Crippen molar-refractivity contribution >= 4 is 34.0 Å². The topological polar surface area (TPSA) is 17.8 Å². The number of rotatable bonds is 4. The summed E-state index contributed by atoms with van der Waals surface area (Å²) in [7, 11) is 0. The summed E-state index contributed by atoms with van der Waals surface area (Å²) in [6.07, 6.45) is 6.70. The van der Waals surface area contributed by atoms with Crippen LogP contribution in [0, 0.1) is 0 Å². The molecule has 8 aromatic rings. The Morgan fingerprint density at radius 2 is 1.30 bits per heavy atom. The monoisotopic (exact) mass is 692 g/mol. The molecule has 0 N–H and O–H groups in total. The highest BCUT2D eigenvalue weighted by Gasteiger charge is 2.52. The molecule has 3 heteroatoms. The fraction of sp³-hybridized carbons (Fsp3) is 0.157. The van der Waals surface area contributed by atoms with Crippen molar-refractivity contribution in [2.45, 2.75) is 50.4 Å². The number of hydrogen-bond acceptors (Lipinski definition) is 1. The lowest BCUT2D eigenvalue weighted by Crippen LogP contribution is -2.67. The van der Waals surface area contributed by atoms with Gasteiger partial charge in [-0.2, -0.15) is 0 Å². The second-order valence-corrected chi connectivity index (χ2v) is 16.1. The number of nitrogens with zero attached hydrogens (tertiary/aromatic N) is 2. The van der Waals surface area contributed by atoms with Crippen molar-refractivity contribution in [3.05, 3.63) is 209 Å². The van der Waals surface area contributed by atoms with E-state index in [1.165, 1.54) is 84.9 Å². The smallest absolute Gasteiger partial charge is 0.242 e. The van der Waals surface area contributed by atoms with Crippen molar-refractivity contribution in [2.75, 3.05) is 0 Å². The van der Waals surface area contributed by atoms with Gasteiger partial charge < -0.3 is 4.57 Å². The zero-order chi connectivity index (χ0) is 36.0. The van der Waals surface area contributed by atoms with Crippen LogP contribution in [-0.4, -0.2) is 16.3 Å². The summed E-state index contributed by atoms with van der Waals surface area (Å²) in [4.78, 5) is 4.85. The van der Waals surface area contributed by atoms with E-state index in [-0.39, 0.29) is 12.1 Å². The maximum Gasteiger partial charge on any atom is 0.242 e. The van der Waals surface area contributed by atoms with Gasteiger partial charge in [-0.15, -0.1) is 0 Å². The van der Waals surface area contributed by atoms with Crippen molar-refractivity contribution in [1.29, 1.82) is 0 Å². The lowest BCUT2D eigenvalue weighted by atomic mass is 9.26. The Labute approximate surface area is 318 Å². The summed E-state index contributed by atoms with van der Waals surface area (Å²) in [6.45, 7) is 4.96. The minimum absolute atomic E-state index is 0.0742. The van der Waals surface area contributed by atoms with Crippen molar-refractivity contribution in [2.24, 2.45) is 0 Å². The van der Waals surface area contributed by atoms with Gasteiger partial charge in [-0.05, 0) is 101 Å². The first-order valence-electron chi connectivity index (χ1n) is 19.6. The van der Waals surface area contributed by atoms with Crippen LogP contribution in [0.1, 0.15) is 71.3 Å². The molecule has 0 atom stereocenters. The van der Waals surface area contributed by atoms with Crippen molar-refractivity contribution in [3.63, 3.8) is 0 Å². The molecule has 0 radical (unpaired) electrons. The zero-order valence-corrected chi connectivity index (χ0v) is 30.9. The second kappa shape index (κ2) is 11.8. The minimum Gasteiger partial charge on any atom is -0.313 e. The number of pyridine rings is 1. The molecule has 0 saturated carbocycles. The number of aromatic nitrogens is 2. The average molecular weight is 693 g/mol. The van der Waals surface area contributed by atoms with Crippen molar-refractivity contribution in [3.8, 4) is 16.9 Å². The third kappa shape index (κ3) is 4.27. The van der Waals surface area contributed by atoms with Gasteiger partial charge in [0.2, 0.25) is 6.71 Å². The Bertz CT molecular complexity index is 2700. The van der Waals surface area contributed by atoms with E-state index in [4.69, 9.17) is 4.98 Å². The number of fused-ring (bicyclic) bond motifs is 7. The van der Waals surface area contributed by atoms with Crippen molar-refractivity contribution in [1.82, 2.24) is 9.55 Å². The second-order valence-electron chi connectivity index (χ2n) is 16.1. The fourth-order valence-corrected chi connectivity index (χ4v) is 10.8. The van der Waals surface area contributed by atoms with E-state index >= 15 is 0 Å². The van der Waals surface area contributed by atoms with Crippen LogP contribution in [0.2, 0.25) is 0 Å². The summed E-state index contributed by atoms with van der Waals surface area (Å²) in [5.41, 5.74) is 19.4. The predicted molar refractivity (Wildman–Crippen MR) is 225 cm³/mol. The molecule has 54 heavy (non-hydrogen) atoms. The maximum absolute atomic E-state index is 4.85. The van der Waals surface area contributed by atoms with Crippen LogP contribution in [0.15, 0.2) is 164 Å². The first-order valence-corrected chi connectivity index (χ1v) is 19.6. The molecular weight excluding hydrogens is 651 g/mol. The molecule has 0 spiro atoms. The van der Waals surface area contributed by atoms with Gasteiger partial charge in [0.15, 0.2) is 0 Å². The van der Waals surface area contributed by atoms with Crippen LogP contribution in [0.5, 0.6) is 0 Å². The summed E-state index contributed by atoms with van der Waals surface area (Å²) >= 11 is 0. The molecule has 4 heterocycles. The number of hydrogen-bond donors (Lipinski definition) is 0. The van der Waals surface area contributed by atoms with Gasteiger partial charge in [0.25, 0.3) is 0 Å². The van der Waals surface area contributed by atoms with E-state index in [0.717, 1.165) is 24.1 Å². The Morgan fingerprint density at radius 3 is 2.07 bits per heavy atom. The molecule has 2 nitrogen and oxygen atoms in total. The highest BCUT2D eigenvalue weighted by atomic mass is 15.0. The fourth-order valence-electron chi connectivity index (χ4n) is 10.8. The first kappa shape index (κ1) is 31.6. The number of para-hydroxylation sites is 1. The Kier molecular flexibility index (Phi) is 6.90. The standard InChI is InChI=1S/C51H41BN2/c1-50(2)40-29-28-37(54-47-25-11-9-20-38(47)39-21-10-12-26-48(39)54)33-45(40)52-44-30-27-34(46-24-13-14-31-53-46)32-43(44)51(35-16-5-3-6-17-35,36-18-7-4-8-19-36)42-23-15-22-41(50)49(42)52/h3-9,11,13-20,22-25,27-33H,10,12,21,26H2,1-2H3. The number of aryl methyl sites for hydroxylation is 1. The number of benzene rings is 6. The molecule has 3 aliphatic rings. The summed E-state index contributed by atoms with van der Waals surface area (Å²) in [5.74, 6) is 0. The van der Waals surface area contributed by atoms with Gasteiger partial charge in [-0.25, -0.2) is 0 Å². The van der Waals surface area contributed by atoms with Crippen LogP contribution >= 0.6 is 0 Å². The molecule has 0 amide bonds. The molecule has 0 unspecified atom stereocenters. The lowest BCUT2D eigenvalue weighted by Gasteiger charge is -2.49. The molecule has 258 valence electrons. The third-order valence-corrected chi connectivity index (χ3v) is 13.1.